The van der Waals surface area contributed by atoms with Crippen molar-refractivity contribution < 1.29 is 9.53 Å². The number of hydrogen-bond acceptors (Lipinski definition) is 5. The molecule has 0 saturated carbocycles. The third-order valence-corrected chi connectivity index (χ3v) is 5.43. The third kappa shape index (κ3) is 2.52. The van der Waals surface area contributed by atoms with Gasteiger partial charge in [0.15, 0.2) is 0 Å². The number of carbonyl (C=O) groups excluding carboxylic acids is 1. The monoisotopic (exact) mass is 347 g/mol. The van der Waals surface area contributed by atoms with E-state index in [2.05, 4.69) is 12.1 Å². The number of ether oxygens (including phenoxy) is 1. The van der Waals surface area contributed by atoms with Gasteiger partial charge in [-0.25, -0.2) is 4.79 Å². The van der Waals surface area contributed by atoms with Crippen LogP contribution < -0.4 is 0 Å². The van der Waals surface area contributed by atoms with E-state index in [4.69, 9.17) is 10.1 Å². The molecule has 0 spiro atoms. The highest BCUT2D eigenvalue weighted by atomic mass is 16.5. The molecule has 0 unspecified atom stereocenters. The summed E-state index contributed by atoms with van der Waals surface area (Å²) in [6, 6.07) is 13.7. The number of esters is 1. The number of rotatable bonds is 3. The van der Waals surface area contributed by atoms with E-state index in [1.165, 1.54) is 0 Å². The van der Waals surface area contributed by atoms with E-state index < -0.39 is 23.2 Å². The Kier molecular flexibility index (Phi) is 4.91. The molecule has 0 saturated heterocycles. The van der Waals surface area contributed by atoms with Gasteiger partial charge in [-0.15, -0.1) is 0 Å². The van der Waals surface area contributed by atoms with Crippen LogP contribution in [0.15, 0.2) is 41.5 Å². The van der Waals surface area contributed by atoms with Crippen molar-refractivity contribution in [1.82, 2.24) is 0 Å². The lowest BCUT2D eigenvalue weighted by molar-refractivity contribution is -0.149. The van der Waals surface area contributed by atoms with Crippen LogP contribution >= 0.6 is 0 Å². The van der Waals surface area contributed by atoms with E-state index in [1.807, 2.05) is 30.3 Å². The Labute approximate surface area is 153 Å². The molecule has 3 rings (SSSR count). The molecule has 0 aromatic heterocycles. The first-order valence-electron chi connectivity index (χ1n) is 8.95. The van der Waals surface area contributed by atoms with Gasteiger partial charge in [0, 0.05) is 5.92 Å². The lowest BCUT2D eigenvalue weighted by Gasteiger charge is -2.44. The van der Waals surface area contributed by atoms with Gasteiger partial charge in [0.2, 0.25) is 5.41 Å². The van der Waals surface area contributed by atoms with E-state index in [-0.39, 0.29) is 12.3 Å². The van der Waals surface area contributed by atoms with E-state index in [0.29, 0.717) is 0 Å². The molecular formula is C21H21N3O2. The highest BCUT2D eigenvalue weighted by Crippen LogP contribution is 2.54. The second kappa shape index (κ2) is 7.14. The largest absolute Gasteiger partial charge is 0.464 e. The summed E-state index contributed by atoms with van der Waals surface area (Å²) in [5, 5.41) is 28.5. The highest BCUT2D eigenvalue weighted by Gasteiger charge is 2.59. The number of hydrogen-bond donors (Lipinski definition) is 1. The molecule has 1 aromatic carbocycles. The van der Waals surface area contributed by atoms with Gasteiger partial charge in [0.25, 0.3) is 0 Å². The Morgan fingerprint density at radius 1 is 1.23 bits per heavy atom. The molecule has 132 valence electrons. The van der Waals surface area contributed by atoms with Crippen molar-refractivity contribution >= 4 is 11.7 Å². The molecule has 0 aliphatic heterocycles. The lowest BCUT2D eigenvalue weighted by Crippen LogP contribution is -2.51. The van der Waals surface area contributed by atoms with Gasteiger partial charge in [-0.3, -0.25) is 0 Å². The Morgan fingerprint density at radius 2 is 1.88 bits per heavy atom. The van der Waals surface area contributed by atoms with Crippen LogP contribution in [0.1, 0.15) is 44.1 Å². The fourth-order valence-corrected chi connectivity index (χ4v) is 4.31. The molecule has 2 aliphatic carbocycles. The number of allylic oxidation sites excluding steroid dienone is 2. The molecule has 0 bridgehead atoms. The summed E-state index contributed by atoms with van der Waals surface area (Å²) in [7, 11) is 0. The molecule has 0 amide bonds. The summed E-state index contributed by atoms with van der Waals surface area (Å²) >= 11 is 0. The molecule has 5 heteroatoms. The van der Waals surface area contributed by atoms with Crippen molar-refractivity contribution in [2.45, 2.75) is 38.5 Å². The summed E-state index contributed by atoms with van der Waals surface area (Å²) in [4.78, 5) is 13.0. The molecule has 3 atom stereocenters. The van der Waals surface area contributed by atoms with Gasteiger partial charge in [-0.05, 0) is 43.7 Å². The zero-order chi connectivity index (χ0) is 18.7. The van der Waals surface area contributed by atoms with Crippen LogP contribution in [0.3, 0.4) is 0 Å². The average molecular weight is 347 g/mol. The molecule has 5 nitrogen and oxygen atoms in total. The van der Waals surface area contributed by atoms with E-state index in [0.717, 1.165) is 42.4 Å². The Balaban J connectivity index is 2.32. The minimum Gasteiger partial charge on any atom is -0.464 e. The summed E-state index contributed by atoms with van der Waals surface area (Å²) in [5.74, 6) is -2.12. The summed E-state index contributed by atoms with van der Waals surface area (Å²) in [6.45, 7) is 1.81. The maximum absolute atomic E-state index is 13.0. The molecule has 0 radical (unpaired) electrons. The number of benzene rings is 1. The van der Waals surface area contributed by atoms with Crippen molar-refractivity contribution in [3.63, 3.8) is 0 Å². The van der Waals surface area contributed by atoms with E-state index in [9.17, 15) is 15.3 Å². The fraction of sp³-hybridized carbons (Fsp3) is 0.429. The van der Waals surface area contributed by atoms with Crippen molar-refractivity contribution in [2.75, 3.05) is 6.61 Å². The van der Waals surface area contributed by atoms with Gasteiger partial charge in [-0.2, -0.15) is 10.5 Å². The number of nitrogens with zero attached hydrogens (tertiary/aromatic N) is 2. The Morgan fingerprint density at radius 3 is 2.46 bits per heavy atom. The lowest BCUT2D eigenvalue weighted by atomic mass is 9.56. The van der Waals surface area contributed by atoms with Gasteiger partial charge >= 0.3 is 5.97 Å². The normalized spacial score (nSPS) is 27.9. The van der Waals surface area contributed by atoms with Crippen LogP contribution in [0.25, 0.3) is 0 Å². The van der Waals surface area contributed by atoms with Crippen LogP contribution in [0, 0.1) is 39.4 Å². The van der Waals surface area contributed by atoms with Crippen molar-refractivity contribution in [1.29, 1.82) is 15.9 Å². The predicted octanol–water partition coefficient (Wildman–Crippen LogP) is 3.89. The molecule has 0 heterocycles. The maximum Gasteiger partial charge on any atom is 0.333 e. The fourth-order valence-electron chi connectivity index (χ4n) is 4.31. The highest BCUT2D eigenvalue weighted by molar-refractivity contribution is 6.13. The molecule has 1 N–H and O–H groups in total. The standard InChI is InChI=1S/C21H21N3O2/c1-2-26-20(25)21(13-23)18(14-8-4-3-5-9-14)16-11-7-6-10-15(16)17(12-22)19(21)24/h3-5,8-9,17-18,24H,2,6-7,10-11H2,1H3/t17-,18+,21+/m1/s1. The number of nitrogens with one attached hydrogen (secondary N) is 1. The minimum atomic E-state index is -1.78. The molecule has 1 aromatic rings. The first-order valence-corrected chi connectivity index (χ1v) is 8.95. The molecule has 2 aliphatic rings. The number of carbonyl (C=O) groups is 1. The first-order chi connectivity index (χ1) is 12.6. The zero-order valence-corrected chi connectivity index (χ0v) is 14.8. The van der Waals surface area contributed by atoms with Gasteiger partial charge < -0.3 is 10.1 Å². The predicted molar refractivity (Wildman–Crippen MR) is 96.2 cm³/mol. The second-order valence-electron chi connectivity index (χ2n) is 6.72. The number of nitriles is 2. The first kappa shape index (κ1) is 17.9. The van der Waals surface area contributed by atoms with E-state index in [1.54, 1.807) is 6.92 Å². The SMILES string of the molecule is CCOC(=O)[C@]1(C#N)C(=N)[C@H](C#N)C2=C(CCCC2)[C@@H]1c1ccccc1. The summed E-state index contributed by atoms with van der Waals surface area (Å²) in [6.07, 6.45) is 3.40. The molecule has 0 fully saturated rings. The van der Waals surface area contributed by atoms with Crippen LogP contribution in [0.2, 0.25) is 0 Å². The van der Waals surface area contributed by atoms with Gasteiger partial charge in [0.1, 0.15) is 5.92 Å². The van der Waals surface area contributed by atoms with Crippen molar-refractivity contribution in [2.24, 2.45) is 11.3 Å². The molecular weight excluding hydrogens is 326 g/mol. The van der Waals surface area contributed by atoms with Crippen molar-refractivity contribution in [3.05, 3.63) is 47.0 Å². The van der Waals surface area contributed by atoms with Gasteiger partial charge in [0.05, 0.1) is 24.5 Å². The molecule has 26 heavy (non-hydrogen) atoms. The summed E-state index contributed by atoms with van der Waals surface area (Å²) in [5.41, 5.74) is 0.786. The van der Waals surface area contributed by atoms with E-state index >= 15 is 0 Å². The second-order valence-corrected chi connectivity index (χ2v) is 6.72. The van der Waals surface area contributed by atoms with Crippen LogP contribution in [-0.4, -0.2) is 18.3 Å². The van der Waals surface area contributed by atoms with Crippen LogP contribution in [0.4, 0.5) is 0 Å². The van der Waals surface area contributed by atoms with Crippen LogP contribution in [-0.2, 0) is 9.53 Å². The summed E-state index contributed by atoms with van der Waals surface area (Å²) < 4.78 is 5.24. The Hall–Kier alpha value is -2.92. The zero-order valence-electron chi connectivity index (χ0n) is 14.8. The van der Waals surface area contributed by atoms with Crippen molar-refractivity contribution in [3.8, 4) is 12.1 Å². The minimum absolute atomic E-state index is 0.125. The topological polar surface area (TPSA) is 97.7 Å². The quantitative estimate of drug-likeness (QED) is 0.662. The average Bonchev–Trinajstić information content (AvgIpc) is 2.68. The van der Waals surface area contributed by atoms with Gasteiger partial charge in [-0.1, -0.05) is 35.9 Å². The third-order valence-electron chi connectivity index (χ3n) is 5.43. The Bertz CT molecular complexity index is 844. The maximum atomic E-state index is 13.0. The van der Waals surface area contributed by atoms with Crippen LogP contribution in [0.5, 0.6) is 0 Å². The smallest absolute Gasteiger partial charge is 0.333 e.